The molecular formula is C12H18N2O2. The first-order valence-electron chi connectivity index (χ1n) is 6.27. The minimum atomic E-state index is -0.275. The minimum Gasteiger partial charge on any atom is -0.354 e. The van der Waals surface area contributed by atoms with Crippen LogP contribution >= 0.6 is 0 Å². The Hall–Kier alpha value is -1.06. The first-order valence-corrected chi connectivity index (χ1v) is 6.27. The van der Waals surface area contributed by atoms with E-state index >= 15 is 0 Å². The number of hydrogen-bond donors (Lipinski definition) is 2. The minimum absolute atomic E-state index is 0.00322. The smallest absolute Gasteiger partial charge is 0.242 e. The first kappa shape index (κ1) is 10.1. The van der Waals surface area contributed by atoms with E-state index in [2.05, 4.69) is 10.6 Å². The van der Waals surface area contributed by atoms with E-state index in [1.165, 1.54) is 25.7 Å². The van der Waals surface area contributed by atoms with Gasteiger partial charge in [-0.05, 0) is 43.4 Å². The van der Waals surface area contributed by atoms with E-state index in [1.54, 1.807) is 0 Å². The van der Waals surface area contributed by atoms with Crippen molar-refractivity contribution in [2.45, 2.75) is 44.6 Å². The fourth-order valence-electron chi connectivity index (χ4n) is 2.78. The molecule has 2 amide bonds. The molecule has 0 radical (unpaired) electrons. The van der Waals surface area contributed by atoms with Gasteiger partial charge >= 0.3 is 0 Å². The van der Waals surface area contributed by atoms with E-state index in [9.17, 15) is 9.59 Å². The van der Waals surface area contributed by atoms with Gasteiger partial charge in [-0.25, -0.2) is 0 Å². The molecule has 1 aliphatic heterocycles. The van der Waals surface area contributed by atoms with Gasteiger partial charge in [0.2, 0.25) is 11.8 Å². The van der Waals surface area contributed by atoms with Gasteiger partial charge in [0.25, 0.3) is 0 Å². The molecular weight excluding hydrogens is 204 g/mol. The summed E-state index contributed by atoms with van der Waals surface area (Å²) >= 11 is 0. The Morgan fingerprint density at radius 2 is 2.12 bits per heavy atom. The molecule has 0 unspecified atom stereocenters. The number of hydrogen-bond acceptors (Lipinski definition) is 2. The summed E-state index contributed by atoms with van der Waals surface area (Å²) in [5.74, 6) is 0.882. The average Bonchev–Trinajstić information content (AvgIpc) is 3.14. The molecule has 2 saturated carbocycles. The van der Waals surface area contributed by atoms with Crippen molar-refractivity contribution in [1.82, 2.24) is 10.6 Å². The molecule has 0 aromatic heterocycles. The lowest BCUT2D eigenvalue weighted by molar-refractivity contribution is -0.126. The number of rotatable bonds is 4. The number of amides is 2. The van der Waals surface area contributed by atoms with E-state index in [-0.39, 0.29) is 17.9 Å². The monoisotopic (exact) mass is 222 g/mol. The third-order valence-corrected chi connectivity index (χ3v) is 4.26. The van der Waals surface area contributed by atoms with Crippen molar-refractivity contribution >= 4 is 11.8 Å². The van der Waals surface area contributed by atoms with Crippen LogP contribution in [-0.2, 0) is 9.59 Å². The van der Waals surface area contributed by atoms with E-state index in [4.69, 9.17) is 0 Å². The number of nitrogens with one attached hydrogen (secondary N) is 2. The van der Waals surface area contributed by atoms with Crippen LogP contribution in [-0.4, -0.2) is 24.4 Å². The van der Waals surface area contributed by atoms with Crippen molar-refractivity contribution in [3.63, 3.8) is 0 Å². The van der Waals surface area contributed by atoms with E-state index < -0.39 is 0 Å². The summed E-state index contributed by atoms with van der Waals surface area (Å²) < 4.78 is 0. The predicted octanol–water partition coefficient (Wildman–Crippen LogP) is 0.571. The van der Waals surface area contributed by atoms with Crippen molar-refractivity contribution in [3.8, 4) is 0 Å². The number of carbonyl (C=O) groups is 2. The van der Waals surface area contributed by atoms with Crippen LogP contribution in [0.25, 0.3) is 0 Å². The van der Waals surface area contributed by atoms with Gasteiger partial charge in [-0.15, -0.1) is 0 Å². The highest BCUT2D eigenvalue weighted by molar-refractivity contribution is 5.90. The molecule has 4 nitrogen and oxygen atoms in total. The molecule has 1 saturated heterocycles. The molecule has 0 aromatic carbocycles. The van der Waals surface area contributed by atoms with Gasteiger partial charge in [0.05, 0.1) is 0 Å². The summed E-state index contributed by atoms with van der Waals surface area (Å²) in [5, 5.41) is 5.72. The molecule has 2 aliphatic carbocycles. The maximum atomic E-state index is 11.8. The van der Waals surface area contributed by atoms with Crippen molar-refractivity contribution < 1.29 is 9.59 Å². The summed E-state index contributed by atoms with van der Waals surface area (Å²) in [6, 6.07) is -0.275. The molecule has 1 atom stereocenters. The summed E-state index contributed by atoms with van der Waals surface area (Å²) in [4.78, 5) is 22.8. The fraction of sp³-hybridized carbons (Fsp3) is 0.833. The zero-order valence-electron chi connectivity index (χ0n) is 9.42. The van der Waals surface area contributed by atoms with Crippen molar-refractivity contribution in [2.24, 2.45) is 11.3 Å². The van der Waals surface area contributed by atoms with E-state index in [0.29, 0.717) is 18.3 Å². The second kappa shape index (κ2) is 3.47. The highest BCUT2D eigenvalue weighted by Crippen LogP contribution is 2.60. The second-order valence-corrected chi connectivity index (χ2v) is 5.51. The quantitative estimate of drug-likeness (QED) is 0.730. The van der Waals surface area contributed by atoms with Crippen molar-refractivity contribution in [3.05, 3.63) is 0 Å². The van der Waals surface area contributed by atoms with Crippen LogP contribution in [0.4, 0.5) is 0 Å². The first-order chi connectivity index (χ1) is 7.70. The third kappa shape index (κ3) is 1.81. The molecule has 88 valence electrons. The summed E-state index contributed by atoms with van der Waals surface area (Å²) in [7, 11) is 0. The lowest BCUT2D eigenvalue weighted by Crippen LogP contribution is -2.43. The highest BCUT2D eigenvalue weighted by atomic mass is 16.2. The molecule has 1 heterocycles. The van der Waals surface area contributed by atoms with Crippen LogP contribution in [0.1, 0.15) is 38.5 Å². The second-order valence-electron chi connectivity index (χ2n) is 5.51. The highest BCUT2D eigenvalue weighted by Gasteiger charge is 2.53. The van der Waals surface area contributed by atoms with Gasteiger partial charge in [0.15, 0.2) is 0 Å². The lowest BCUT2D eigenvalue weighted by atomic mass is 10.0. The van der Waals surface area contributed by atoms with Crippen LogP contribution in [0.3, 0.4) is 0 Å². The van der Waals surface area contributed by atoms with Crippen LogP contribution in [0.15, 0.2) is 0 Å². The van der Waals surface area contributed by atoms with E-state index in [0.717, 1.165) is 12.5 Å². The maximum Gasteiger partial charge on any atom is 0.242 e. The summed E-state index contributed by atoms with van der Waals surface area (Å²) in [6.45, 7) is 0.822. The average molecular weight is 222 g/mol. The standard InChI is InChI=1S/C12H18N2O2/c15-10-4-3-9(14-10)11(16)13-7-12(5-6-12)8-1-2-8/h8-9H,1-7H2,(H,13,16)(H,14,15)/t9-/m1/s1. The third-order valence-electron chi connectivity index (χ3n) is 4.26. The van der Waals surface area contributed by atoms with Gasteiger partial charge in [-0.3, -0.25) is 9.59 Å². The molecule has 3 rings (SSSR count). The van der Waals surface area contributed by atoms with Gasteiger partial charge in [0.1, 0.15) is 6.04 Å². The molecule has 0 aromatic rings. The molecule has 2 N–H and O–H groups in total. The van der Waals surface area contributed by atoms with Crippen LogP contribution in [0, 0.1) is 11.3 Å². The Labute approximate surface area is 95.2 Å². The van der Waals surface area contributed by atoms with Gasteiger partial charge in [-0.1, -0.05) is 0 Å². The SMILES string of the molecule is O=C1CC[C@H](C(=O)NCC2(C3CC3)CC2)N1. The summed E-state index contributed by atoms with van der Waals surface area (Å²) in [6.07, 6.45) is 6.38. The Morgan fingerprint density at radius 3 is 2.62 bits per heavy atom. The molecule has 16 heavy (non-hydrogen) atoms. The number of carbonyl (C=O) groups excluding carboxylic acids is 2. The molecule has 0 spiro atoms. The fourth-order valence-corrected chi connectivity index (χ4v) is 2.78. The molecule has 3 fully saturated rings. The largest absolute Gasteiger partial charge is 0.354 e. The topological polar surface area (TPSA) is 58.2 Å². The molecule has 0 bridgehead atoms. The molecule has 3 aliphatic rings. The zero-order valence-corrected chi connectivity index (χ0v) is 9.42. The van der Waals surface area contributed by atoms with Crippen molar-refractivity contribution in [1.29, 1.82) is 0 Å². The molecule has 4 heteroatoms. The van der Waals surface area contributed by atoms with E-state index in [1.807, 2.05) is 0 Å². The van der Waals surface area contributed by atoms with Crippen LogP contribution in [0.2, 0.25) is 0 Å². The summed E-state index contributed by atoms with van der Waals surface area (Å²) in [5.41, 5.74) is 0.443. The normalized spacial score (nSPS) is 31.0. The Kier molecular flexibility index (Phi) is 2.19. The van der Waals surface area contributed by atoms with Crippen LogP contribution in [0.5, 0.6) is 0 Å². The zero-order chi connectivity index (χ0) is 11.2. The van der Waals surface area contributed by atoms with Gasteiger partial charge < -0.3 is 10.6 Å². The van der Waals surface area contributed by atoms with Gasteiger partial charge in [0, 0.05) is 13.0 Å². The van der Waals surface area contributed by atoms with Crippen LogP contribution < -0.4 is 10.6 Å². The Bertz CT molecular complexity index is 332. The van der Waals surface area contributed by atoms with Crippen molar-refractivity contribution in [2.75, 3.05) is 6.54 Å². The van der Waals surface area contributed by atoms with Gasteiger partial charge in [-0.2, -0.15) is 0 Å². The Balaban J connectivity index is 1.48. The maximum absolute atomic E-state index is 11.8. The Morgan fingerprint density at radius 1 is 1.38 bits per heavy atom. The lowest BCUT2D eigenvalue weighted by Gasteiger charge is -2.17. The predicted molar refractivity (Wildman–Crippen MR) is 58.6 cm³/mol.